The number of aryl methyl sites for hydroxylation is 3. The van der Waals surface area contributed by atoms with Crippen molar-refractivity contribution >= 4 is 38.8 Å². The fourth-order valence-corrected chi connectivity index (χ4v) is 4.27. The summed E-state index contributed by atoms with van der Waals surface area (Å²) in [6, 6.07) is 4.43. The fraction of sp³-hybridized carbons (Fsp3) is 0.316. The molecule has 7 nitrogen and oxygen atoms in total. The Morgan fingerprint density at radius 2 is 2.00 bits per heavy atom. The predicted molar refractivity (Wildman–Crippen MR) is 105 cm³/mol. The van der Waals surface area contributed by atoms with E-state index in [0.717, 1.165) is 45.7 Å². The largest absolute Gasteiger partial charge is 0.321 e. The summed E-state index contributed by atoms with van der Waals surface area (Å²) in [5.41, 5.74) is 2.88. The second-order valence-corrected chi connectivity index (χ2v) is 7.89. The van der Waals surface area contributed by atoms with E-state index in [9.17, 15) is 14.9 Å². The van der Waals surface area contributed by atoms with Gasteiger partial charge in [-0.3, -0.25) is 14.9 Å². The molecule has 2 heterocycles. The molecular weight excluding hydrogens is 364 g/mol. The summed E-state index contributed by atoms with van der Waals surface area (Å²) in [7, 11) is 0. The molecule has 8 heteroatoms. The molecule has 1 fully saturated rings. The second-order valence-electron chi connectivity index (χ2n) is 6.89. The first-order valence-electron chi connectivity index (χ1n) is 8.69. The van der Waals surface area contributed by atoms with Crippen LogP contribution >= 0.6 is 11.3 Å². The highest BCUT2D eigenvalue weighted by molar-refractivity contribution is 7.20. The standard InChI is InChI=1S/C19H18N4O3S/c1-9-4-7-13(23(25)26)8-14(9)21-18(24)16-10(2)15-11(3)20-17(12-5-6-12)22-19(15)27-16/h4,7-8,12H,5-6H2,1-3H3,(H,21,24). The van der Waals surface area contributed by atoms with Crippen molar-refractivity contribution in [2.75, 3.05) is 5.32 Å². The summed E-state index contributed by atoms with van der Waals surface area (Å²) in [5.74, 6) is 1.02. The monoisotopic (exact) mass is 382 g/mol. The predicted octanol–water partition coefficient (Wildman–Crippen LogP) is 4.65. The van der Waals surface area contributed by atoms with Gasteiger partial charge in [0.2, 0.25) is 0 Å². The van der Waals surface area contributed by atoms with Crippen molar-refractivity contribution in [3.63, 3.8) is 0 Å². The number of thiophene rings is 1. The highest BCUT2D eigenvalue weighted by Gasteiger charge is 2.28. The van der Waals surface area contributed by atoms with Gasteiger partial charge in [-0.05, 0) is 44.7 Å². The van der Waals surface area contributed by atoms with Gasteiger partial charge in [-0.1, -0.05) is 6.07 Å². The summed E-state index contributed by atoms with van der Waals surface area (Å²) in [4.78, 5) is 34.0. The number of carbonyl (C=O) groups excluding carboxylic acids is 1. The minimum absolute atomic E-state index is 0.0558. The van der Waals surface area contributed by atoms with E-state index in [1.165, 1.54) is 23.5 Å². The van der Waals surface area contributed by atoms with E-state index >= 15 is 0 Å². The second kappa shape index (κ2) is 6.38. The zero-order valence-corrected chi connectivity index (χ0v) is 16.0. The van der Waals surface area contributed by atoms with Crippen LogP contribution in [-0.4, -0.2) is 20.8 Å². The van der Waals surface area contributed by atoms with E-state index < -0.39 is 4.92 Å². The SMILES string of the molecule is Cc1ccc([N+](=O)[O-])cc1NC(=O)c1sc2nc(C3CC3)nc(C)c2c1C. The van der Waals surface area contributed by atoms with Crippen LogP contribution in [0.25, 0.3) is 10.2 Å². The number of carbonyl (C=O) groups is 1. The third-order valence-electron chi connectivity index (χ3n) is 4.82. The van der Waals surface area contributed by atoms with Crippen LogP contribution in [0.5, 0.6) is 0 Å². The number of nitrogens with one attached hydrogen (secondary N) is 1. The molecule has 1 aromatic carbocycles. The van der Waals surface area contributed by atoms with Crippen LogP contribution in [-0.2, 0) is 0 Å². The average molecular weight is 382 g/mol. The number of aromatic nitrogens is 2. The molecule has 2 aromatic heterocycles. The number of hydrogen-bond donors (Lipinski definition) is 1. The van der Waals surface area contributed by atoms with Crippen LogP contribution in [0.15, 0.2) is 18.2 Å². The van der Waals surface area contributed by atoms with Crippen molar-refractivity contribution in [1.82, 2.24) is 9.97 Å². The summed E-state index contributed by atoms with van der Waals surface area (Å²) >= 11 is 1.34. The van der Waals surface area contributed by atoms with Crippen LogP contribution in [0, 0.1) is 30.9 Å². The Balaban J connectivity index is 1.71. The van der Waals surface area contributed by atoms with E-state index in [4.69, 9.17) is 0 Å². The number of anilines is 1. The molecule has 138 valence electrons. The highest BCUT2D eigenvalue weighted by atomic mass is 32.1. The fourth-order valence-electron chi connectivity index (χ4n) is 3.14. The molecule has 0 spiro atoms. The molecule has 1 N–H and O–H groups in total. The van der Waals surface area contributed by atoms with Crippen molar-refractivity contribution < 1.29 is 9.72 Å². The third kappa shape index (κ3) is 3.16. The summed E-state index contributed by atoms with van der Waals surface area (Å²) in [5, 5.41) is 14.7. The molecule has 3 aromatic rings. The van der Waals surface area contributed by atoms with Gasteiger partial charge in [0.25, 0.3) is 11.6 Å². The molecule has 4 rings (SSSR count). The smallest absolute Gasteiger partial charge is 0.271 e. The zero-order chi connectivity index (χ0) is 19.3. The Labute approximate surface area is 159 Å². The van der Waals surface area contributed by atoms with Crippen LogP contribution in [0.2, 0.25) is 0 Å². The van der Waals surface area contributed by atoms with Crippen molar-refractivity contribution in [2.24, 2.45) is 0 Å². The Morgan fingerprint density at radius 3 is 2.67 bits per heavy atom. The molecule has 0 saturated heterocycles. The summed E-state index contributed by atoms with van der Waals surface area (Å²) in [6.45, 7) is 5.64. The van der Waals surface area contributed by atoms with Gasteiger partial charge >= 0.3 is 0 Å². The normalized spacial score (nSPS) is 13.7. The van der Waals surface area contributed by atoms with Crippen LogP contribution in [0.4, 0.5) is 11.4 Å². The average Bonchev–Trinajstić information content (AvgIpc) is 3.40. The highest BCUT2D eigenvalue weighted by Crippen LogP contribution is 2.40. The van der Waals surface area contributed by atoms with Gasteiger partial charge in [-0.15, -0.1) is 11.3 Å². The number of nitro groups is 1. The number of hydrogen-bond acceptors (Lipinski definition) is 6. The van der Waals surface area contributed by atoms with Crippen LogP contribution < -0.4 is 5.32 Å². The van der Waals surface area contributed by atoms with Crippen molar-refractivity contribution in [3.8, 4) is 0 Å². The van der Waals surface area contributed by atoms with Crippen LogP contribution in [0.3, 0.4) is 0 Å². The van der Waals surface area contributed by atoms with Gasteiger partial charge in [-0.25, -0.2) is 9.97 Å². The van der Waals surface area contributed by atoms with Crippen molar-refractivity contribution in [1.29, 1.82) is 0 Å². The number of fused-ring (bicyclic) bond motifs is 1. The molecular formula is C19H18N4O3S. The Bertz CT molecular complexity index is 1100. The molecule has 0 unspecified atom stereocenters. The van der Waals surface area contributed by atoms with E-state index in [0.29, 0.717) is 16.5 Å². The number of non-ortho nitro benzene ring substituents is 1. The van der Waals surface area contributed by atoms with E-state index in [-0.39, 0.29) is 11.6 Å². The molecule has 0 radical (unpaired) electrons. The van der Waals surface area contributed by atoms with Gasteiger partial charge in [0.15, 0.2) is 0 Å². The zero-order valence-electron chi connectivity index (χ0n) is 15.2. The van der Waals surface area contributed by atoms with Gasteiger partial charge < -0.3 is 5.32 Å². The number of benzene rings is 1. The molecule has 1 saturated carbocycles. The Kier molecular flexibility index (Phi) is 4.15. The van der Waals surface area contributed by atoms with E-state index in [1.54, 1.807) is 13.0 Å². The maximum Gasteiger partial charge on any atom is 0.271 e. The first-order valence-corrected chi connectivity index (χ1v) is 9.51. The Morgan fingerprint density at radius 1 is 1.26 bits per heavy atom. The van der Waals surface area contributed by atoms with Crippen molar-refractivity contribution in [2.45, 2.75) is 39.5 Å². The topological polar surface area (TPSA) is 98.0 Å². The summed E-state index contributed by atoms with van der Waals surface area (Å²) in [6.07, 6.45) is 2.24. The number of nitro benzene ring substituents is 1. The molecule has 0 bridgehead atoms. The first kappa shape index (κ1) is 17.5. The Hall–Kier alpha value is -2.87. The first-order chi connectivity index (χ1) is 12.8. The number of nitrogens with zero attached hydrogens (tertiary/aromatic N) is 3. The van der Waals surface area contributed by atoms with Crippen molar-refractivity contribution in [3.05, 3.63) is 55.8 Å². The van der Waals surface area contributed by atoms with Gasteiger partial charge in [-0.2, -0.15) is 0 Å². The van der Waals surface area contributed by atoms with E-state index in [1.807, 2.05) is 13.8 Å². The van der Waals surface area contributed by atoms with Gasteiger partial charge in [0, 0.05) is 23.4 Å². The molecule has 1 aliphatic rings. The summed E-state index contributed by atoms with van der Waals surface area (Å²) < 4.78 is 0. The van der Waals surface area contributed by atoms with E-state index in [2.05, 4.69) is 15.3 Å². The van der Waals surface area contributed by atoms with Gasteiger partial charge in [0.1, 0.15) is 10.7 Å². The molecule has 0 atom stereocenters. The molecule has 1 aliphatic carbocycles. The minimum atomic E-state index is -0.474. The lowest BCUT2D eigenvalue weighted by molar-refractivity contribution is -0.384. The molecule has 27 heavy (non-hydrogen) atoms. The lowest BCUT2D eigenvalue weighted by atomic mass is 10.1. The minimum Gasteiger partial charge on any atom is -0.321 e. The van der Waals surface area contributed by atoms with Crippen LogP contribution in [0.1, 0.15) is 51.1 Å². The molecule has 0 aliphatic heterocycles. The lowest BCUT2D eigenvalue weighted by Crippen LogP contribution is -2.12. The number of rotatable bonds is 4. The lowest BCUT2D eigenvalue weighted by Gasteiger charge is -2.08. The quantitative estimate of drug-likeness (QED) is 0.523. The third-order valence-corrected chi connectivity index (χ3v) is 6.00. The maximum absolute atomic E-state index is 12.9. The molecule has 1 amide bonds. The van der Waals surface area contributed by atoms with Gasteiger partial charge in [0.05, 0.1) is 21.2 Å². The number of amides is 1. The maximum atomic E-state index is 12.9.